The van der Waals surface area contributed by atoms with Crippen LogP contribution < -0.4 is 0 Å². The molecule has 6 heteroatoms. The van der Waals surface area contributed by atoms with Crippen molar-refractivity contribution in [2.24, 2.45) is 0 Å². The van der Waals surface area contributed by atoms with Gasteiger partial charge in [-0.1, -0.05) is 28.1 Å². The lowest BCUT2D eigenvalue weighted by Crippen LogP contribution is -2.09. The van der Waals surface area contributed by atoms with Crippen LogP contribution in [0.3, 0.4) is 0 Å². The van der Waals surface area contributed by atoms with Gasteiger partial charge in [-0.2, -0.15) is 13.2 Å². The van der Waals surface area contributed by atoms with Gasteiger partial charge >= 0.3 is 6.18 Å². The lowest BCUT2D eigenvalue weighted by atomic mass is 10.0. The third-order valence-electron chi connectivity index (χ3n) is 2.83. The molecule has 0 aliphatic rings. The molecule has 106 valence electrons. The van der Waals surface area contributed by atoms with Gasteiger partial charge in [0, 0.05) is 23.3 Å². The van der Waals surface area contributed by atoms with Crippen molar-refractivity contribution in [3.8, 4) is 0 Å². The van der Waals surface area contributed by atoms with Gasteiger partial charge in [-0.05, 0) is 29.3 Å². The number of hydrogen-bond donors (Lipinski definition) is 1. The van der Waals surface area contributed by atoms with Gasteiger partial charge in [0.15, 0.2) is 0 Å². The van der Waals surface area contributed by atoms with E-state index in [1.165, 1.54) is 12.1 Å². The molecular weight excluding hydrogens is 335 g/mol. The largest absolute Gasteiger partial charge is 0.417 e. The molecule has 2 aromatic rings. The highest BCUT2D eigenvalue weighted by molar-refractivity contribution is 9.10. The number of alkyl halides is 3. The Hall–Kier alpha value is -1.40. The van der Waals surface area contributed by atoms with Crippen molar-refractivity contribution in [1.82, 2.24) is 4.98 Å². The summed E-state index contributed by atoms with van der Waals surface area (Å²) >= 11 is 2.87. The van der Waals surface area contributed by atoms with Crippen molar-refractivity contribution in [2.75, 3.05) is 0 Å². The summed E-state index contributed by atoms with van der Waals surface area (Å²) < 4.78 is 38.4. The molecule has 1 aromatic carbocycles. The van der Waals surface area contributed by atoms with Gasteiger partial charge < -0.3 is 5.11 Å². The molecule has 1 unspecified atom stereocenters. The van der Waals surface area contributed by atoms with Gasteiger partial charge in [-0.3, -0.25) is 4.98 Å². The lowest BCUT2D eigenvalue weighted by Gasteiger charge is -2.15. The van der Waals surface area contributed by atoms with E-state index in [-0.39, 0.29) is 16.5 Å². The number of aliphatic hydroxyl groups is 1. The van der Waals surface area contributed by atoms with Gasteiger partial charge in [0.1, 0.15) is 0 Å². The zero-order valence-electron chi connectivity index (χ0n) is 10.2. The molecule has 0 aliphatic heterocycles. The molecule has 1 aromatic heterocycles. The summed E-state index contributed by atoms with van der Waals surface area (Å²) in [5.41, 5.74) is 0.195. The van der Waals surface area contributed by atoms with E-state index in [2.05, 4.69) is 20.9 Å². The van der Waals surface area contributed by atoms with E-state index in [4.69, 9.17) is 0 Å². The van der Waals surface area contributed by atoms with Crippen molar-refractivity contribution in [1.29, 1.82) is 0 Å². The zero-order chi connectivity index (χ0) is 14.8. The Morgan fingerprint density at radius 2 is 2.00 bits per heavy atom. The number of halogens is 4. The SMILES string of the molecule is OC(Cc1cccnc1)c1ccc(Br)c(C(F)(F)F)c1. The average molecular weight is 346 g/mol. The van der Waals surface area contributed by atoms with E-state index in [9.17, 15) is 18.3 Å². The molecule has 2 nitrogen and oxygen atoms in total. The fourth-order valence-electron chi connectivity index (χ4n) is 1.83. The molecule has 0 aliphatic carbocycles. The third-order valence-corrected chi connectivity index (χ3v) is 3.52. The molecule has 1 atom stereocenters. The summed E-state index contributed by atoms with van der Waals surface area (Å²) in [4.78, 5) is 3.90. The number of benzene rings is 1. The van der Waals surface area contributed by atoms with Crippen LogP contribution in [0.15, 0.2) is 47.2 Å². The Balaban J connectivity index is 2.25. The quantitative estimate of drug-likeness (QED) is 0.906. The first-order valence-corrected chi connectivity index (χ1v) is 6.61. The summed E-state index contributed by atoms with van der Waals surface area (Å²) in [7, 11) is 0. The van der Waals surface area contributed by atoms with Crippen LogP contribution in [0.25, 0.3) is 0 Å². The summed E-state index contributed by atoms with van der Waals surface area (Å²) in [6, 6.07) is 7.21. The molecule has 0 saturated carbocycles. The molecule has 0 fully saturated rings. The summed E-state index contributed by atoms with van der Waals surface area (Å²) in [5, 5.41) is 10.0. The second-order valence-corrected chi connectivity index (χ2v) is 5.17. The highest BCUT2D eigenvalue weighted by Crippen LogP contribution is 2.36. The van der Waals surface area contributed by atoms with Gasteiger partial charge in [-0.15, -0.1) is 0 Å². The number of hydrogen-bond acceptors (Lipinski definition) is 2. The predicted octanol–water partition coefficient (Wildman–Crippen LogP) is 4.14. The molecule has 0 saturated heterocycles. The van der Waals surface area contributed by atoms with Crippen LogP contribution in [0, 0.1) is 0 Å². The minimum Gasteiger partial charge on any atom is -0.388 e. The summed E-state index contributed by atoms with van der Waals surface area (Å²) in [6.45, 7) is 0. The Morgan fingerprint density at radius 3 is 2.60 bits per heavy atom. The minimum atomic E-state index is -4.46. The van der Waals surface area contributed by atoms with Crippen molar-refractivity contribution in [3.05, 3.63) is 63.9 Å². The number of rotatable bonds is 3. The highest BCUT2D eigenvalue weighted by Gasteiger charge is 2.33. The van der Waals surface area contributed by atoms with E-state index in [0.29, 0.717) is 0 Å². The fourth-order valence-corrected chi connectivity index (χ4v) is 2.30. The van der Waals surface area contributed by atoms with Crippen LogP contribution >= 0.6 is 15.9 Å². The van der Waals surface area contributed by atoms with Crippen LogP contribution in [-0.4, -0.2) is 10.1 Å². The van der Waals surface area contributed by atoms with Gasteiger partial charge in [0.05, 0.1) is 11.7 Å². The first-order chi connectivity index (χ1) is 9.38. The normalized spacial score (nSPS) is 13.2. The molecular formula is C14H11BrF3NO. The van der Waals surface area contributed by atoms with Crippen molar-refractivity contribution in [3.63, 3.8) is 0 Å². The zero-order valence-corrected chi connectivity index (χ0v) is 11.8. The Kier molecular flexibility index (Phi) is 4.45. The monoisotopic (exact) mass is 345 g/mol. The standard InChI is InChI=1S/C14H11BrF3NO/c15-12-4-3-10(7-11(12)14(16,17)18)13(20)6-9-2-1-5-19-8-9/h1-5,7-8,13,20H,6H2. The third kappa shape index (κ3) is 3.58. The molecule has 1 N–H and O–H groups in total. The highest BCUT2D eigenvalue weighted by atomic mass is 79.9. The maximum atomic E-state index is 12.8. The van der Waals surface area contributed by atoms with E-state index in [1.54, 1.807) is 24.5 Å². The van der Waals surface area contributed by atoms with Crippen LogP contribution in [0.5, 0.6) is 0 Å². The van der Waals surface area contributed by atoms with Gasteiger partial charge in [0.25, 0.3) is 0 Å². The van der Waals surface area contributed by atoms with Crippen LogP contribution in [0.4, 0.5) is 13.2 Å². The minimum absolute atomic E-state index is 0.0395. The molecule has 0 radical (unpaired) electrons. The van der Waals surface area contributed by atoms with E-state index < -0.39 is 17.8 Å². The van der Waals surface area contributed by atoms with Crippen LogP contribution in [-0.2, 0) is 12.6 Å². The molecule has 20 heavy (non-hydrogen) atoms. The van der Waals surface area contributed by atoms with Crippen molar-refractivity contribution < 1.29 is 18.3 Å². The lowest BCUT2D eigenvalue weighted by molar-refractivity contribution is -0.138. The smallest absolute Gasteiger partial charge is 0.388 e. The molecule has 0 bridgehead atoms. The fraction of sp³-hybridized carbons (Fsp3) is 0.214. The Labute approximate surface area is 122 Å². The topological polar surface area (TPSA) is 33.1 Å². The van der Waals surface area contributed by atoms with Gasteiger partial charge in [-0.25, -0.2) is 0 Å². The summed E-state index contributed by atoms with van der Waals surface area (Å²) in [6.07, 6.45) is -2.08. The Morgan fingerprint density at radius 1 is 1.25 bits per heavy atom. The molecule has 1 heterocycles. The second kappa shape index (κ2) is 5.93. The number of aromatic nitrogens is 1. The van der Waals surface area contributed by atoms with Crippen LogP contribution in [0.1, 0.15) is 22.8 Å². The first kappa shape index (κ1) is 15.0. The van der Waals surface area contributed by atoms with Crippen molar-refractivity contribution >= 4 is 15.9 Å². The van der Waals surface area contributed by atoms with Gasteiger partial charge in [0.2, 0.25) is 0 Å². The molecule has 0 spiro atoms. The van der Waals surface area contributed by atoms with Crippen LogP contribution in [0.2, 0.25) is 0 Å². The Bertz CT molecular complexity index is 587. The number of pyridine rings is 1. The number of nitrogens with zero attached hydrogens (tertiary/aromatic N) is 1. The van der Waals surface area contributed by atoms with E-state index >= 15 is 0 Å². The average Bonchev–Trinajstić information content (AvgIpc) is 2.39. The first-order valence-electron chi connectivity index (χ1n) is 5.81. The van der Waals surface area contributed by atoms with E-state index in [1.807, 2.05) is 0 Å². The maximum Gasteiger partial charge on any atom is 0.417 e. The predicted molar refractivity (Wildman–Crippen MR) is 72.0 cm³/mol. The van der Waals surface area contributed by atoms with Crippen molar-refractivity contribution in [2.45, 2.75) is 18.7 Å². The van der Waals surface area contributed by atoms with E-state index in [0.717, 1.165) is 11.6 Å². The molecule has 0 amide bonds. The maximum absolute atomic E-state index is 12.8. The second-order valence-electron chi connectivity index (χ2n) is 4.32. The summed E-state index contributed by atoms with van der Waals surface area (Å²) in [5.74, 6) is 0. The number of aliphatic hydroxyl groups excluding tert-OH is 1. The molecule has 2 rings (SSSR count).